The van der Waals surface area contributed by atoms with E-state index >= 15 is 0 Å². The number of anilines is 2. The van der Waals surface area contributed by atoms with Gasteiger partial charge < -0.3 is 9.30 Å². The Morgan fingerprint density at radius 3 is 2.33 bits per heavy atom. The predicted molar refractivity (Wildman–Crippen MR) is 106 cm³/mol. The van der Waals surface area contributed by atoms with Gasteiger partial charge in [0.1, 0.15) is 11.8 Å². The maximum absolute atomic E-state index is 13.3. The number of rotatable bonds is 4. The monoisotopic (exact) mass is 455 g/mol. The Kier molecular flexibility index (Phi) is 5.15. The van der Waals surface area contributed by atoms with Crippen molar-refractivity contribution in [2.24, 2.45) is 0 Å². The number of benzene rings is 2. The number of hydrogen-bond acceptors (Lipinski definition) is 3. The number of carbonyl (C=O) groups excluding carboxylic acids is 1. The lowest BCUT2D eigenvalue weighted by Gasteiger charge is -2.17. The molecule has 10 heteroatoms. The van der Waals surface area contributed by atoms with Gasteiger partial charge >= 0.3 is 6.36 Å². The van der Waals surface area contributed by atoms with Crippen molar-refractivity contribution in [2.75, 3.05) is 4.90 Å². The molecule has 0 spiro atoms. The van der Waals surface area contributed by atoms with E-state index in [0.29, 0.717) is 27.2 Å². The second-order valence-electron chi connectivity index (χ2n) is 6.78. The van der Waals surface area contributed by atoms with Crippen molar-refractivity contribution in [2.45, 2.75) is 25.7 Å². The van der Waals surface area contributed by atoms with Gasteiger partial charge in [-0.05, 0) is 42.8 Å². The van der Waals surface area contributed by atoms with E-state index in [0.717, 1.165) is 5.69 Å². The molecular formula is C20H14Cl2F3N3O2. The van der Waals surface area contributed by atoms with Gasteiger partial charge in [0.05, 0.1) is 11.9 Å². The summed E-state index contributed by atoms with van der Waals surface area (Å²) in [6.07, 6.45) is -2.85. The van der Waals surface area contributed by atoms with E-state index in [1.165, 1.54) is 29.2 Å². The molecule has 156 valence electrons. The van der Waals surface area contributed by atoms with E-state index < -0.39 is 12.4 Å². The van der Waals surface area contributed by atoms with Crippen LogP contribution in [0.3, 0.4) is 0 Å². The molecule has 0 saturated carbocycles. The lowest BCUT2D eigenvalue weighted by Crippen LogP contribution is -2.26. The van der Waals surface area contributed by atoms with E-state index in [1.54, 1.807) is 29.0 Å². The first-order valence-corrected chi connectivity index (χ1v) is 9.56. The van der Waals surface area contributed by atoms with Crippen molar-refractivity contribution >= 4 is 40.7 Å². The second-order valence-corrected chi connectivity index (χ2v) is 7.66. The molecule has 30 heavy (non-hydrogen) atoms. The fourth-order valence-electron chi connectivity index (χ4n) is 3.48. The van der Waals surface area contributed by atoms with Gasteiger partial charge in [0.25, 0.3) is 5.91 Å². The van der Waals surface area contributed by atoms with Crippen molar-refractivity contribution in [3.63, 3.8) is 0 Å². The van der Waals surface area contributed by atoms with Gasteiger partial charge in [0.15, 0.2) is 0 Å². The molecule has 0 unspecified atom stereocenters. The molecule has 0 radical (unpaired) electrons. The molecule has 2 aromatic carbocycles. The number of imidazole rings is 1. The lowest BCUT2D eigenvalue weighted by atomic mass is 10.0. The number of carbonyl (C=O) groups is 1. The molecule has 0 aliphatic carbocycles. The minimum Gasteiger partial charge on any atom is -0.406 e. The minimum absolute atomic E-state index is 0.241. The van der Waals surface area contributed by atoms with Crippen LogP contribution in [0.2, 0.25) is 10.0 Å². The molecule has 4 rings (SSSR count). The molecule has 0 fully saturated rings. The van der Waals surface area contributed by atoms with Crippen LogP contribution in [-0.2, 0) is 11.2 Å². The number of hydrogen-bond donors (Lipinski definition) is 0. The fraction of sp³-hybridized carbons (Fsp3) is 0.200. The molecule has 5 nitrogen and oxygen atoms in total. The highest BCUT2D eigenvalue weighted by Gasteiger charge is 2.40. The first-order valence-electron chi connectivity index (χ1n) is 8.81. The van der Waals surface area contributed by atoms with Gasteiger partial charge in [-0.2, -0.15) is 0 Å². The van der Waals surface area contributed by atoms with Crippen LogP contribution in [0.25, 0.3) is 0 Å². The Hall–Kier alpha value is -2.71. The van der Waals surface area contributed by atoms with Gasteiger partial charge in [-0.25, -0.2) is 9.88 Å². The standard InChI is InChI=1S/C20H14Cl2F3N3O2/c1-11-10-26-19-27(11)17(6-12-2-4-16(5-3-12)30-20(23,24)25)18(29)28(19)15-8-13(21)7-14(22)9-15/h2-5,7-10,17H,6H2,1H3/t17-/m1/s1. The average Bonchev–Trinajstić information content (AvgIpc) is 3.13. The molecule has 1 atom stereocenters. The Morgan fingerprint density at radius 1 is 1.10 bits per heavy atom. The van der Waals surface area contributed by atoms with Crippen molar-refractivity contribution in [1.82, 2.24) is 9.55 Å². The van der Waals surface area contributed by atoms with Crippen LogP contribution < -0.4 is 9.64 Å². The summed E-state index contributed by atoms with van der Waals surface area (Å²) in [7, 11) is 0. The Morgan fingerprint density at radius 2 is 1.73 bits per heavy atom. The van der Waals surface area contributed by atoms with Crippen molar-refractivity contribution < 1.29 is 22.7 Å². The molecule has 3 aromatic rings. The molecule has 0 N–H and O–H groups in total. The van der Waals surface area contributed by atoms with E-state index in [4.69, 9.17) is 23.2 Å². The van der Waals surface area contributed by atoms with E-state index in [1.807, 2.05) is 6.92 Å². The minimum atomic E-state index is -4.76. The molecular weight excluding hydrogens is 442 g/mol. The summed E-state index contributed by atoms with van der Waals surface area (Å²) in [5, 5.41) is 0.757. The third-order valence-corrected chi connectivity index (χ3v) is 5.11. The number of amides is 1. The van der Waals surface area contributed by atoms with Crippen LogP contribution in [-0.4, -0.2) is 21.8 Å². The largest absolute Gasteiger partial charge is 0.573 e. The van der Waals surface area contributed by atoms with Crippen LogP contribution in [0.15, 0.2) is 48.7 Å². The number of halogens is 5. The molecule has 0 saturated heterocycles. The summed E-state index contributed by atoms with van der Waals surface area (Å²) in [6, 6.07) is 9.62. The van der Waals surface area contributed by atoms with Crippen molar-refractivity contribution in [3.8, 4) is 5.75 Å². The highest BCUT2D eigenvalue weighted by atomic mass is 35.5. The van der Waals surface area contributed by atoms with Gasteiger partial charge in [-0.1, -0.05) is 35.3 Å². The zero-order valence-corrected chi connectivity index (χ0v) is 17.0. The number of nitrogens with zero attached hydrogens (tertiary/aromatic N) is 3. The molecule has 0 bridgehead atoms. The normalized spacial score (nSPS) is 16.1. The first-order chi connectivity index (χ1) is 14.1. The van der Waals surface area contributed by atoms with E-state index in [-0.39, 0.29) is 18.1 Å². The summed E-state index contributed by atoms with van der Waals surface area (Å²) in [5.74, 6) is -0.133. The second kappa shape index (κ2) is 7.52. The fourth-order valence-corrected chi connectivity index (χ4v) is 4.00. The highest BCUT2D eigenvalue weighted by Crippen LogP contribution is 2.40. The summed E-state index contributed by atoms with van der Waals surface area (Å²) >= 11 is 12.2. The maximum Gasteiger partial charge on any atom is 0.573 e. The van der Waals surface area contributed by atoms with Crippen LogP contribution in [0.4, 0.5) is 24.8 Å². The van der Waals surface area contributed by atoms with Crippen molar-refractivity contribution in [3.05, 3.63) is 70.0 Å². The van der Waals surface area contributed by atoms with E-state index in [9.17, 15) is 18.0 Å². The molecule has 1 aliphatic rings. The van der Waals surface area contributed by atoms with Crippen molar-refractivity contribution in [1.29, 1.82) is 0 Å². The van der Waals surface area contributed by atoms with Gasteiger partial charge in [-0.3, -0.25) is 4.79 Å². The molecule has 1 aliphatic heterocycles. The first kappa shape index (κ1) is 20.6. The third kappa shape index (κ3) is 3.97. The maximum atomic E-state index is 13.3. The van der Waals surface area contributed by atoms with Gasteiger partial charge in [0.2, 0.25) is 5.95 Å². The Bertz CT molecular complexity index is 1090. The number of alkyl halides is 3. The zero-order chi connectivity index (χ0) is 21.6. The van der Waals surface area contributed by atoms with Crippen LogP contribution >= 0.6 is 23.2 Å². The SMILES string of the molecule is Cc1cnc2n1[C@H](Cc1ccc(OC(F)(F)F)cc1)C(=O)N2c1cc(Cl)cc(Cl)c1. The van der Waals surface area contributed by atoms with Crippen LogP contribution in [0, 0.1) is 6.92 Å². The number of aromatic nitrogens is 2. The molecule has 1 aromatic heterocycles. The molecule has 1 amide bonds. The number of fused-ring (bicyclic) bond motifs is 1. The smallest absolute Gasteiger partial charge is 0.406 e. The van der Waals surface area contributed by atoms with Crippen LogP contribution in [0.1, 0.15) is 17.3 Å². The van der Waals surface area contributed by atoms with E-state index in [2.05, 4.69) is 9.72 Å². The Labute approximate surface area is 179 Å². The average molecular weight is 456 g/mol. The van der Waals surface area contributed by atoms with Gasteiger partial charge in [-0.15, -0.1) is 13.2 Å². The zero-order valence-electron chi connectivity index (χ0n) is 15.5. The van der Waals surface area contributed by atoms with Crippen LogP contribution in [0.5, 0.6) is 5.75 Å². The van der Waals surface area contributed by atoms with Gasteiger partial charge in [0, 0.05) is 22.2 Å². The summed E-state index contributed by atoms with van der Waals surface area (Å²) in [5.41, 5.74) is 1.93. The summed E-state index contributed by atoms with van der Waals surface area (Å²) in [6.45, 7) is 1.82. The highest BCUT2D eigenvalue weighted by molar-refractivity contribution is 6.35. The quantitative estimate of drug-likeness (QED) is 0.494. The third-order valence-electron chi connectivity index (χ3n) is 4.67. The predicted octanol–water partition coefficient (Wildman–Crippen LogP) is 5.86. The molecule has 2 heterocycles. The summed E-state index contributed by atoms with van der Waals surface area (Å²) in [4.78, 5) is 19.1. The number of ether oxygens (including phenoxy) is 1. The summed E-state index contributed by atoms with van der Waals surface area (Å²) < 4.78 is 42.7. The Balaban J connectivity index is 1.64. The lowest BCUT2D eigenvalue weighted by molar-refractivity contribution is -0.274. The number of aryl methyl sites for hydroxylation is 1. The topological polar surface area (TPSA) is 47.4 Å².